The van der Waals surface area contributed by atoms with Crippen molar-refractivity contribution in [1.82, 2.24) is 5.32 Å². The molecule has 1 amide bonds. The number of amides is 1. The maximum Gasteiger partial charge on any atom is 0.407 e. The van der Waals surface area contributed by atoms with Gasteiger partial charge in [-0.3, -0.25) is 0 Å². The predicted molar refractivity (Wildman–Crippen MR) is 60.1 cm³/mol. The van der Waals surface area contributed by atoms with Crippen molar-refractivity contribution >= 4 is 12.1 Å². The van der Waals surface area contributed by atoms with Crippen LogP contribution in [0.25, 0.3) is 0 Å². The van der Waals surface area contributed by atoms with Crippen molar-refractivity contribution in [3.63, 3.8) is 0 Å². The molecule has 1 aromatic carbocycles. The van der Waals surface area contributed by atoms with Gasteiger partial charge in [0.25, 0.3) is 0 Å². The molecule has 90 valence electrons. The molecule has 0 aromatic heterocycles. The van der Waals surface area contributed by atoms with Crippen LogP contribution in [0.15, 0.2) is 24.3 Å². The van der Waals surface area contributed by atoms with Crippen molar-refractivity contribution in [1.29, 1.82) is 0 Å². The molecule has 1 aliphatic heterocycles. The highest BCUT2D eigenvalue weighted by atomic mass is 16.6. The number of carbonyl (C=O) groups excluding carboxylic acids is 1. The summed E-state index contributed by atoms with van der Waals surface area (Å²) in [4.78, 5) is 21.8. The number of carboxylic acid groups (broad SMARTS) is 1. The number of cyclic esters (lactones) is 1. The maximum absolute atomic E-state index is 10.9. The lowest BCUT2D eigenvalue weighted by Gasteiger charge is -2.33. The number of nitrogens with one attached hydrogen (secondary N) is 1. The summed E-state index contributed by atoms with van der Waals surface area (Å²) in [6.45, 7) is 2.62. The lowest BCUT2D eigenvalue weighted by molar-refractivity contribution is 0.0695. The molecule has 1 aromatic rings. The van der Waals surface area contributed by atoms with E-state index in [2.05, 4.69) is 5.32 Å². The normalized spacial score (nSPS) is 23.7. The van der Waals surface area contributed by atoms with Crippen LogP contribution in [-0.2, 0) is 10.2 Å². The number of hydrogen-bond donors (Lipinski definition) is 2. The second-order valence-corrected chi connectivity index (χ2v) is 4.38. The third kappa shape index (κ3) is 2.22. The van der Waals surface area contributed by atoms with Crippen molar-refractivity contribution in [3.05, 3.63) is 35.4 Å². The highest BCUT2D eigenvalue weighted by Crippen LogP contribution is 2.26. The quantitative estimate of drug-likeness (QED) is 0.812. The molecule has 5 heteroatoms. The standard InChI is InChI=1S/C12H13NO4/c1-12(6-13-11(16)17-7-12)9-4-2-3-8(5-9)10(14)15/h2-5H,6-7H2,1H3,(H,13,16)(H,14,15). The number of alkyl carbamates (subject to hydrolysis) is 1. The minimum Gasteiger partial charge on any atom is -0.478 e. The highest BCUT2D eigenvalue weighted by molar-refractivity contribution is 5.87. The molecule has 5 nitrogen and oxygen atoms in total. The van der Waals surface area contributed by atoms with Crippen LogP contribution in [0.4, 0.5) is 4.79 Å². The van der Waals surface area contributed by atoms with Gasteiger partial charge in [-0.2, -0.15) is 0 Å². The molecule has 2 rings (SSSR count). The highest BCUT2D eigenvalue weighted by Gasteiger charge is 2.33. The molecule has 0 saturated carbocycles. The minimum absolute atomic E-state index is 0.237. The average Bonchev–Trinajstić information content (AvgIpc) is 2.33. The third-order valence-electron chi connectivity index (χ3n) is 2.95. The summed E-state index contributed by atoms with van der Waals surface area (Å²) in [5.41, 5.74) is 0.692. The second kappa shape index (κ2) is 4.08. The zero-order valence-corrected chi connectivity index (χ0v) is 9.40. The zero-order valence-electron chi connectivity index (χ0n) is 9.40. The van der Waals surface area contributed by atoms with E-state index in [-0.39, 0.29) is 17.6 Å². The summed E-state index contributed by atoms with van der Waals surface area (Å²) in [6, 6.07) is 6.69. The van der Waals surface area contributed by atoms with Gasteiger partial charge in [0.1, 0.15) is 6.61 Å². The number of rotatable bonds is 2. The van der Waals surface area contributed by atoms with Crippen LogP contribution in [-0.4, -0.2) is 30.3 Å². The molecule has 0 radical (unpaired) electrons. The molecular formula is C12H13NO4. The molecule has 0 aliphatic carbocycles. The van der Waals surface area contributed by atoms with Crippen molar-refractivity contribution in [2.75, 3.05) is 13.2 Å². The molecule has 2 N–H and O–H groups in total. The van der Waals surface area contributed by atoms with Gasteiger partial charge in [0.05, 0.1) is 5.56 Å². The van der Waals surface area contributed by atoms with Gasteiger partial charge in [-0.25, -0.2) is 9.59 Å². The number of aromatic carboxylic acids is 1. The summed E-state index contributed by atoms with van der Waals surface area (Å²) in [5.74, 6) is -0.962. The van der Waals surface area contributed by atoms with E-state index in [4.69, 9.17) is 9.84 Å². The van der Waals surface area contributed by atoms with Gasteiger partial charge in [0.2, 0.25) is 0 Å². The number of carbonyl (C=O) groups is 2. The zero-order chi connectivity index (χ0) is 12.5. The van der Waals surface area contributed by atoms with E-state index in [0.29, 0.717) is 6.54 Å². The predicted octanol–water partition coefficient (Wildman–Crippen LogP) is 1.38. The van der Waals surface area contributed by atoms with Crippen molar-refractivity contribution in [3.8, 4) is 0 Å². The summed E-state index contributed by atoms with van der Waals surface area (Å²) in [6.07, 6.45) is -0.433. The first-order valence-corrected chi connectivity index (χ1v) is 5.26. The fourth-order valence-corrected chi connectivity index (χ4v) is 1.81. The molecule has 1 fully saturated rings. The second-order valence-electron chi connectivity index (χ2n) is 4.38. The SMILES string of the molecule is CC1(c2cccc(C(=O)O)c2)CNC(=O)OC1. The first kappa shape index (κ1) is 11.4. The summed E-state index contributed by atoms with van der Waals surface area (Å²) >= 11 is 0. The minimum atomic E-state index is -0.962. The maximum atomic E-state index is 10.9. The molecule has 1 unspecified atom stereocenters. The van der Waals surface area contributed by atoms with Crippen LogP contribution >= 0.6 is 0 Å². The molecule has 17 heavy (non-hydrogen) atoms. The first-order valence-electron chi connectivity index (χ1n) is 5.26. The Morgan fingerprint density at radius 2 is 2.29 bits per heavy atom. The van der Waals surface area contributed by atoms with Crippen LogP contribution in [0.2, 0.25) is 0 Å². The summed E-state index contributed by atoms with van der Waals surface area (Å²) in [5, 5.41) is 11.5. The largest absolute Gasteiger partial charge is 0.478 e. The fraction of sp³-hybridized carbons (Fsp3) is 0.333. The number of carboxylic acids is 1. The number of ether oxygens (including phenoxy) is 1. The van der Waals surface area contributed by atoms with E-state index in [0.717, 1.165) is 5.56 Å². The Morgan fingerprint density at radius 1 is 1.53 bits per heavy atom. The Balaban J connectivity index is 2.30. The smallest absolute Gasteiger partial charge is 0.407 e. The lowest BCUT2D eigenvalue weighted by Crippen LogP contribution is -2.48. The fourth-order valence-electron chi connectivity index (χ4n) is 1.81. The van der Waals surface area contributed by atoms with Gasteiger partial charge >= 0.3 is 12.1 Å². The van der Waals surface area contributed by atoms with E-state index >= 15 is 0 Å². The average molecular weight is 235 g/mol. The Kier molecular flexibility index (Phi) is 2.75. The van der Waals surface area contributed by atoms with Crippen molar-refractivity contribution in [2.45, 2.75) is 12.3 Å². The van der Waals surface area contributed by atoms with E-state index in [1.807, 2.05) is 13.0 Å². The monoisotopic (exact) mass is 235 g/mol. The molecule has 1 aliphatic rings. The van der Waals surface area contributed by atoms with Crippen LogP contribution in [0.1, 0.15) is 22.8 Å². The van der Waals surface area contributed by atoms with Crippen LogP contribution in [0.3, 0.4) is 0 Å². The molecule has 0 spiro atoms. The van der Waals surface area contributed by atoms with E-state index in [1.165, 1.54) is 6.07 Å². The van der Waals surface area contributed by atoms with Gasteiger partial charge in [-0.1, -0.05) is 19.1 Å². The topological polar surface area (TPSA) is 75.6 Å². The Hall–Kier alpha value is -2.04. The van der Waals surface area contributed by atoms with Crippen molar-refractivity contribution < 1.29 is 19.4 Å². The first-order chi connectivity index (χ1) is 8.01. The van der Waals surface area contributed by atoms with Gasteiger partial charge < -0.3 is 15.2 Å². The third-order valence-corrected chi connectivity index (χ3v) is 2.95. The van der Waals surface area contributed by atoms with Crippen LogP contribution in [0, 0.1) is 0 Å². The molecule has 0 bridgehead atoms. The number of benzene rings is 1. The van der Waals surface area contributed by atoms with E-state index in [9.17, 15) is 9.59 Å². The van der Waals surface area contributed by atoms with Gasteiger partial charge in [-0.15, -0.1) is 0 Å². The molecule has 1 heterocycles. The van der Waals surface area contributed by atoms with Gasteiger partial charge in [-0.05, 0) is 17.7 Å². The molecular weight excluding hydrogens is 222 g/mol. The van der Waals surface area contributed by atoms with Crippen molar-refractivity contribution in [2.24, 2.45) is 0 Å². The van der Waals surface area contributed by atoms with E-state index in [1.54, 1.807) is 12.1 Å². The molecule has 1 saturated heterocycles. The summed E-state index contributed by atoms with van der Waals surface area (Å²) < 4.78 is 4.95. The number of hydrogen-bond acceptors (Lipinski definition) is 3. The Labute approximate surface area is 98.4 Å². The Morgan fingerprint density at radius 3 is 2.88 bits per heavy atom. The van der Waals surface area contributed by atoms with Gasteiger partial charge in [0.15, 0.2) is 0 Å². The van der Waals surface area contributed by atoms with Gasteiger partial charge in [0, 0.05) is 12.0 Å². The molecule has 1 atom stereocenters. The Bertz CT molecular complexity index is 459. The lowest BCUT2D eigenvalue weighted by atomic mass is 9.82. The van der Waals surface area contributed by atoms with Crippen LogP contribution < -0.4 is 5.32 Å². The summed E-state index contributed by atoms with van der Waals surface area (Å²) in [7, 11) is 0. The van der Waals surface area contributed by atoms with E-state index < -0.39 is 12.1 Å². The van der Waals surface area contributed by atoms with Crippen LogP contribution in [0.5, 0.6) is 0 Å².